The van der Waals surface area contributed by atoms with Crippen molar-refractivity contribution in [1.29, 1.82) is 0 Å². The Bertz CT molecular complexity index is 788. The summed E-state index contributed by atoms with van der Waals surface area (Å²) >= 11 is 0. The second kappa shape index (κ2) is 6.32. The fraction of sp³-hybridized carbons (Fsp3) is 0.667. The van der Waals surface area contributed by atoms with Crippen molar-refractivity contribution in [1.82, 2.24) is 24.5 Å². The van der Waals surface area contributed by atoms with Gasteiger partial charge in [0.2, 0.25) is 5.91 Å². The van der Waals surface area contributed by atoms with E-state index in [1.54, 1.807) is 34.8 Å². The maximum Gasteiger partial charge on any atom is 0.319 e. The Hall–Kier alpha value is -2.10. The maximum atomic E-state index is 12.7. The van der Waals surface area contributed by atoms with Crippen molar-refractivity contribution in [3.8, 4) is 0 Å². The lowest BCUT2D eigenvalue weighted by Crippen LogP contribution is -2.63. The number of carbonyl (C=O) groups is 2. The van der Waals surface area contributed by atoms with Gasteiger partial charge in [0.1, 0.15) is 6.54 Å². The zero-order valence-electron chi connectivity index (χ0n) is 14.6. The Kier molecular flexibility index (Phi) is 4.48. The fourth-order valence-electron chi connectivity index (χ4n) is 3.54. The fourth-order valence-corrected chi connectivity index (χ4v) is 5.52. The monoisotopic (exact) mass is 369 g/mol. The van der Waals surface area contributed by atoms with Crippen LogP contribution in [0.4, 0.5) is 4.79 Å². The molecule has 2 atom stereocenters. The number of hydrogen-bond acceptors (Lipinski definition) is 5. The van der Waals surface area contributed by atoms with Gasteiger partial charge in [-0.05, 0) is 13.0 Å². The smallest absolute Gasteiger partial charge is 0.319 e. The van der Waals surface area contributed by atoms with Crippen LogP contribution in [0.15, 0.2) is 12.3 Å². The van der Waals surface area contributed by atoms with Gasteiger partial charge < -0.3 is 14.7 Å². The molecule has 3 heterocycles. The molecule has 2 aliphatic heterocycles. The number of aromatic nitrogens is 2. The highest BCUT2D eigenvalue weighted by atomic mass is 32.2. The second-order valence-electron chi connectivity index (χ2n) is 6.80. The predicted molar refractivity (Wildman–Crippen MR) is 90.7 cm³/mol. The minimum absolute atomic E-state index is 0.0731. The van der Waals surface area contributed by atoms with Gasteiger partial charge >= 0.3 is 6.03 Å². The number of urea groups is 1. The second-order valence-corrected chi connectivity index (χ2v) is 8.95. The summed E-state index contributed by atoms with van der Waals surface area (Å²) in [5.41, 5.74) is 0.866. The molecule has 0 spiro atoms. The summed E-state index contributed by atoms with van der Waals surface area (Å²) in [6.45, 7) is 2.59. The number of sulfone groups is 1. The molecule has 0 unspecified atom stereocenters. The van der Waals surface area contributed by atoms with Crippen LogP contribution in [0.2, 0.25) is 0 Å². The van der Waals surface area contributed by atoms with E-state index < -0.39 is 21.9 Å². The van der Waals surface area contributed by atoms with Crippen molar-refractivity contribution < 1.29 is 18.0 Å². The summed E-state index contributed by atoms with van der Waals surface area (Å²) in [7, 11) is -0.0109. The van der Waals surface area contributed by atoms with E-state index in [4.69, 9.17) is 0 Å². The standard InChI is InChI=1S/C15H23N5O4S/c1-11-4-5-16-20(11)8-14(21)18-6-7-19(15(22)17(2)3)13-10-25(23,24)9-12(13)18/h4-5,12-13H,6-10H2,1-3H3/t12-,13+/m0/s1. The van der Waals surface area contributed by atoms with E-state index in [0.717, 1.165) is 5.69 Å². The minimum Gasteiger partial charge on any atom is -0.333 e. The lowest BCUT2D eigenvalue weighted by molar-refractivity contribution is -0.137. The number of piperazine rings is 1. The van der Waals surface area contributed by atoms with Gasteiger partial charge in [-0.15, -0.1) is 0 Å². The normalized spacial score (nSPS) is 24.9. The third-order valence-electron chi connectivity index (χ3n) is 4.84. The summed E-state index contributed by atoms with van der Waals surface area (Å²) in [6, 6.07) is 0.605. The average molecular weight is 369 g/mol. The van der Waals surface area contributed by atoms with Crippen LogP contribution in [-0.2, 0) is 21.2 Å². The van der Waals surface area contributed by atoms with E-state index in [9.17, 15) is 18.0 Å². The highest BCUT2D eigenvalue weighted by Gasteiger charge is 2.49. The minimum atomic E-state index is -3.29. The van der Waals surface area contributed by atoms with E-state index >= 15 is 0 Å². The van der Waals surface area contributed by atoms with Gasteiger partial charge in [0.25, 0.3) is 0 Å². The number of carbonyl (C=O) groups excluding carboxylic acids is 2. The molecule has 25 heavy (non-hydrogen) atoms. The Morgan fingerprint density at radius 2 is 1.80 bits per heavy atom. The molecule has 10 heteroatoms. The highest BCUT2D eigenvalue weighted by molar-refractivity contribution is 7.91. The molecule has 0 radical (unpaired) electrons. The lowest BCUT2D eigenvalue weighted by atomic mass is 10.0. The van der Waals surface area contributed by atoms with Gasteiger partial charge in [0, 0.05) is 39.1 Å². The number of hydrogen-bond donors (Lipinski definition) is 0. The summed E-state index contributed by atoms with van der Waals surface area (Å²) in [5, 5.41) is 4.11. The quantitative estimate of drug-likeness (QED) is 0.679. The number of aryl methyl sites for hydroxylation is 1. The molecule has 0 saturated carbocycles. The van der Waals surface area contributed by atoms with Gasteiger partial charge in [0.15, 0.2) is 9.84 Å². The van der Waals surface area contributed by atoms with Gasteiger partial charge in [0.05, 0.1) is 23.6 Å². The molecule has 138 valence electrons. The average Bonchev–Trinajstić information content (AvgIpc) is 3.07. The molecule has 3 amide bonds. The van der Waals surface area contributed by atoms with E-state index in [-0.39, 0.29) is 30.0 Å². The van der Waals surface area contributed by atoms with Crippen LogP contribution in [0.25, 0.3) is 0 Å². The first-order valence-electron chi connectivity index (χ1n) is 8.16. The summed E-state index contributed by atoms with van der Waals surface area (Å²) in [4.78, 5) is 29.7. The van der Waals surface area contributed by atoms with Crippen LogP contribution in [0.1, 0.15) is 5.69 Å². The summed E-state index contributed by atoms with van der Waals surface area (Å²) < 4.78 is 25.9. The number of amides is 3. The Balaban J connectivity index is 1.82. The van der Waals surface area contributed by atoms with Crippen LogP contribution in [0, 0.1) is 6.92 Å². The van der Waals surface area contributed by atoms with E-state index in [1.807, 2.05) is 13.0 Å². The van der Waals surface area contributed by atoms with Crippen LogP contribution >= 0.6 is 0 Å². The van der Waals surface area contributed by atoms with Crippen LogP contribution in [0.5, 0.6) is 0 Å². The van der Waals surface area contributed by atoms with E-state index in [2.05, 4.69) is 5.10 Å². The van der Waals surface area contributed by atoms with Gasteiger partial charge in [-0.1, -0.05) is 0 Å². The Labute approximate surface area is 147 Å². The molecule has 9 nitrogen and oxygen atoms in total. The third kappa shape index (κ3) is 3.35. The van der Waals surface area contributed by atoms with Crippen molar-refractivity contribution in [3.05, 3.63) is 18.0 Å². The Morgan fingerprint density at radius 3 is 2.36 bits per heavy atom. The maximum absolute atomic E-state index is 12.7. The Morgan fingerprint density at radius 1 is 1.20 bits per heavy atom. The largest absolute Gasteiger partial charge is 0.333 e. The summed E-state index contributed by atoms with van der Waals surface area (Å²) in [5.74, 6) is -0.364. The lowest BCUT2D eigenvalue weighted by Gasteiger charge is -2.44. The number of fused-ring (bicyclic) bond motifs is 1. The topological polar surface area (TPSA) is 95.8 Å². The molecule has 0 aliphatic carbocycles. The molecule has 1 aromatic heterocycles. The molecule has 2 saturated heterocycles. The molecule has 3 rings (SSSR count). The van der Waals surface area contributed by atoms with Gasteiger partial charge in [-0.25, -0.2) is 13.2 Å². The molecule has 2 fully saturated rings. The predicted octanol–water partition coefficient (Wildman–Crippen LogP) is -0.817. The van der Waals surface area contributed by atoms with Crippen molar-refractivity contribution in [2.75, 3.05) is 38.7 Å². The van der Waals surface area contributed by atoms with Crippen molar-refractivity contribution >= 4 is 21.8 Å². The molecular formula is C15H23N5O4S. The molecule has 0 bridgehead atoms. The molecule has 0 N–H and O–H groups in total. The van der Waals surface area contributed by atoms with E-state index in [1.165, 1.54) is 4.90 Å². The first-order chi connectivity index (χ1) is 11.7. The van der Waals surface area contributed by atoms with Gasteiger partial charge in [-0.2, -0.15) is 5.10 Å². The number of nitrogens with zero attached hydrogens (tertiary/aromatic N) is 5. The molecular weight excluding hydrogens is 346 g/mol. The summed E-state index contributed by atoms with van der Waals surface area (Å²) in [6.07, 6.45) is 1.62. The van der Waals surface area contributed by atoms with Crippen LogP contribution < -0.4 is 0 Å². The third-order valence-corrected chi connectivity index (χ3v) is 6.54. The van der Waals surface area contributed by atoms with Crippen molar-refractivity contribution in [2.24, 2.45) is 0 Å². The highest BCUT2D eigenvalue weighted by Crippen LogP contribution is 2.28. The molecule has 1 aromatic rings. The zero-order valence-corrected chi connectivity index (χ0v) is 15.4. The number of rotatable bonds is 2. The van der Waals surface area contributed by atoms with E-state index in [0.29, 0.717) is 13.1 Å². The van der Waals surface area contributed by atoms with Crippen LogP contribution in [-0.4, -0.2) is 95.6 Å². The zero-order chi connectivity index (χ0) is 18.4. The van der Waals surface area contributed by atoms with Crippen molar-refractivity contribution in [3.63, 3.8) is 0 Å². The van der Waals surface area contributed by atoms with Gasteiger partial charge in [-0.3, -0.25) is 9.48 Å². The van der Waals surface area contributed by atoms with Crippen molar-refractivity contribution in [2.45, 2.75) is 25.6 Å². The first kappa shape index (κ1) is 17.7. The SMILES string of the molecule is Cc1ccnn1CC(=O)N1CCN(C(=O)N(C)C)[C@@H]2CS(=O)(=O)C[C@@H]21. The molecule has 0 aromatic carbocycles. The molecule has 2 aliphatic rings. The van der Waals surface area contributed by atoms with Crippen LogP contribution in [0.3, 0.4) is 0 Å². The first-order valence-corrected chi connectivity index (χ1v) is 9.98.